The van der Waals surface area contributed by atoms with Gasteiger partial charge in [0.05, 0.1) is 0 Å². The summed E-state index contributed by atoms with van der Waals surface area (Å²) in [7, 11) is 1.73. The number of pyridine rings is 1. The minimum atomic E-state index is -0.114. The van der Waals surface area contributed by atoms with E-state index in [0.29, 0.717) is 11.7 Å². The van der Waals surface area contributed by atoms with Crippen LogP contribution in [0, 0.1) is 0 Å². The second kappa shape index (κ2) is 8.75. The van der Waals surface area contributed by atoms with Crippen LogP contribution in [-0.4, -0.2) is 63.7 Å². The molecule has 140 valence electrons. The molecule has 1 unspecified atom stereocenters. The van der Waals surface area contributed by atoms with Crippen LogP contribution in [-0.2, 0) is 6.54 Å². The van der Waals surface area contributed by atoms with E-state index in [-0.39, 0.29) is 18.6 Å². The van der Waals surface area contributed by atoms with Crippen LogP contribution in [0.1, 0.15) is 32.1 Å². The summed E-state index contributed by atoms with van der Waals surface area (Å²) in [5.41, 5.74) is 0.834. The first kappa shape index (κ1) is 18.3. The number of hydrogen-bond donors (Lipinski definition) is 1. The van der Waals surface area contributed by atoms with Gasteiger partial charge < -0.3 is 19.6 Å². The number of aromatic nitrogens is 3. The van der Waals surface area contributed by atoms with Gasteiger partial charge in [-0.15, -0.1) is 0 Å². The average molecular weight is 358 g/mol. The Labute approximate surface area is 153 Å². The van der Waals surface area contributed by atoms with E-state index in [0.717, 1.165) is 44.5 Å². The number of carbonyl (C=O) groups excluding carboxylic acids is 1. The van der Waals surface area contributed by atoms with Crippen LogP contribution < -0.4 is 5.32 Å². The number of nitrogens with zero attached hydrogens (tertiary/aromatic N) is 5. The Morgan fingerprint density at radius 2 is 2.23 bits per heavy atom. The fraction of sp³-hybridized carbons (Fsp3) is 0.556. The molecular weight excluding hydrogens is 332 g/mol. The Morgan fingerprint density at radius 3 is 3.00 bits per heavy atom. The standard InChI is InChI=1S/C18H26N6O2/c1-3-10-24-11-4-5-15(12-24)20-18(25)23(2)13-16-21-17(22-26-16)14-6-8-19-9-7-14/h6-9,15H,3-5,10-13H2,1-2H3,(H,20,25). The van der Waals surface area contributed by atoms with Crippen molar-refractivity contribution in [3.8, 4) is 11.4 Å². The molecule has 3 rings (SSSR count). The minimum absolute atomic E-state index is 0.114. The van der Waals surface area contributed by atoms with Gasteiger partial charge in [-0.1, -0.05) is 12.1 Å². The topological polar surface area (TPSA) is 87.4 Å². The number of nitrogens with one attached hydrogen (secondary N) is 1. The van der Waals surface area contributed by atoms with Gasteiger partial charge in [0.15, 0.2) is 0 Å². The number of urea groups is 1. The molecule has 1 N–H and O–H groups in total. The zero-order valence-electron chi connectivity index (χ0n) is 15.4. The van der Waals surface area contributed by atoms with Gasteiger partial charge in [0.1, 0.15) is 6.54 Å². The summed E-state index contributed by atoms with van der Waals surface area (Å²) in [6.45, 7) is 5.58. The molecule has 0 bridgehead atoms. The largest absolute Gasteiger partial charge is 0.337 e. The fourth-order valence-corrected chi connectivity index (χ4v) is 3.19. The zero-order chi connectivity index (χ0) is 18.4. The van der Waals surface area contributed by atoms with Gasteiger partial charge in [0.25, 0.3) is 0 Å². The number of carbonyl (C=O) groups is 1. The van der Waals surface area contributed by atoms with E-state index in [1.54, 1.807) is 24.3 Å². The van der Waals surface area contributed by atoms with Crippen LogP contribution in [0.3, 0.4) is 0 Å². The van der Waals surface area contributed by atoms with Crippen LogP contribution in [0.4, 0.5) is 4.79 Å². The Morgan fingerprint density at radius 1 is 1.42 bits per heavy atom. The molecule has 26 heavy (non-hydrogen) atoms. The maximum atomic E-state index is 12.5. The minimum Gasteiger partial charge on any atom is -0.337 e. The molecule has 3 heterocycles. The fourth-order valence-electron chi connectivity index (χ4n) is 3.19. The molecule has 1 aliphatic rings. The SMILES string of the molecule is CCCN1CCCC(NC(=O)N(C)Cc2nc(-c3ccncc3)no2)C1. The van der Waals surface area contributed by atoms with Crippen LogP contribution in [0.15, 0.2) is 29.0 Å². The smallest absolute Gasteiger partial charge is 0.317 e. The average Bonchev–Trinajstić information content (AvgIpc) is 3.11. The Kier molecular flexibility index (Phi) is 6.17. The number of hydrogen-bond acceptors (Lipinski definition) is 6. The third-order valence-electron chi connectivity index (χ3n) is 4.50. The second-order valence-corrected chi connectivity index (χ2v) is 6.69. The number of amides is 2. The van der Waals surface area contributed by atoms with Crippen molar-refractivity contribution in [2.45, 2.75) is 38.8 Å². The molecule has 8 heteroatoms. The summed E-state index contributed by atoms with van der Waals surface area (Å²) in [6.07, 6.45) is 6.63. The lowest BCUT2D eigenvalue weighted by Crippen LogP contribution is -2.50. The first-order valence-electron chi connectivity index (χ1n) is 9.12. The van der Waals surface area contributed by atoms with Crippen LogP contribution in [0.2, 0.25) is 0 Å². The van der Waals surface area contributed by atoms with Crippen molar-refractivity contribution in [2.75, 3.05) is 26.7 Å². The summed E-state index contributed by atoms with van der Waals surface area (Å²) >= 11 is 0. The van der Waals surface area contributed by atoms with Crippen LogP contribution in [0.5, 0.6) is 0 Å². The van der Waals surface area contributed by atoms with Gasteiger partial charge in [-0.05, 0) is 44.5 Å². The number of rotatable bonds is 6. The molecule has 0 aliphatic carbocycles. The molecule has 1 aliphatic heterocycles. The highest BCUT2D eigenvalue weighted by atomic mass is 16.5. The van der Waals surface area contributed by atoms with Crippen LogP contribution in [0.25, 0.3) is 11.4 Å². The molecule has 1 fully saturated rings. The Balaban J connectivity index is 1.52. The van der Waals surface area contributed by atoms with Gasteiger partial charge in [-0.2, -0.15) is 4.98 Å². The maximum Gasteiger partial charge on any atom is 0.317 e. The molecule has 2 aromatic rings. The summed E-state index contributed by atoms with van der Waals surface area (Å²) in [5.74, 6) is 0.907. The van der Waals surface area contributed by atoms with Crippen molar-refractivity contribution in [3.05, 3.63) is 30.4 Å². The predicted molar refractivity (Wildman–Crippen MR) is 97.3 cm³/mol. The van der Waals surface area contributed by atoms with Crippen molar-refractivity contribution >= 4 is 6.03 Å². The molecule has 1 atom stereocenters. The van der Waals surface area contributed by atoms with E-state index in [1.165, 1.54) is 0 Å². The van der Waals surface area contributed by atoms with E-state index in [4.69, 9.17) is 4.52 Å². The van der Waals surface area contributed by atoms with Crippen molar-refractivity contribution < 1.29 is 9.32 Å². The maximum absolute atomic E-state index is 12.5. The zero-order valence-corrected chi connectivity index (χ0v) is 15.4. The lowest BCUT2D eigenvalue weighted by atomic mass is 10.1. The van der Waals surface area contributed by atoms with Crippen molar-refractivity contribution in [1.82, 2.24) is 30.2 Å². The van der Waals surface area contributed by atoms with E-state index in [2.05, 4.69) is 32.3 Å². The van der Waals surface area contributed by atoms with Gasteiger partial charge in [-0.3, -0.25) is 4.98 Å². The van der Waals surface area contributed by atoms with E-state index in [1.807, 2.05) is 12.1 Å². The van der Waals surface area contributed by atoms with Crippen LogP contribution >= 0.6 is 0 Å². The Hall–Kier alpha value is -2.48. The molecule has 8 nitrogen and oxygen atoms in total. The van der Waals surface area contributed by atoms with E-state index >= 15 is 0 Å². The molecule has 0 saturated carbocycles. The van der Waals surface area contributed by atoms with Crippen molar-refractivity contribution in [1.29, 1.82) is 0 Å². The number of piperidine rings is 1. The normalized spacial score (nSPS) is 17.8. The van der Waals surface area contributed by atoms with Gasteiger partial charge in [0.2, 0.25) is 11.7 Å². The monoisotopic (exact) mass is 358 g/mol. The molecule has 2 aromatic heterocycles. The lowest BCUT2D eigenvalue weighted by Gasteiger charge is -2.33. The highest BCUT2D eigenvalue weighted by Gasteiger charge is 2.23. The highest BCUT2D eigenvalue weighted by molar-refractivity contribution is 5.74. The lowest BCUT2D eigenvalue weighted by molar-refractivity contribution is 0.168. The third kappa shape index (κ3) is 4.78. The summed E-state index contributed by atoms with van der Waals surface area (Å²) in [5, 5.41) is 7.08. The highest BCUT2D eigenvalue weighted by Crippen LogP contribution is 2.15. The predicted octanol–water partition coefficient (Wildman–Crippen LogP) is 2.15. The van der Waals surface area contributed by atoms with E-state index < -0.39 is 0 Å². The van der Waals surface area contributed by atoms with E-state index in [9.17, 15) is 4.79 Å². The summed E-state index contributed by atoms with van der Waals surface area (Å²) in [6, 6.07) is 3.71. The molecular formula is C18H26N6O2. The summed E-state index contributed by atoms with van der Waals surface area (Å²) in [4.78, 5) is 24.8. The number of likely N-dealkylation sites (tertiary alicyclic amines) is 1. The molecule has 1 saturated heterocycles. The first-order chi connectivity index (χ1) is 12.7. The van der Waals surface area contributed by atoms with Gasteiger partial charge >= 0.3 is 6.03 Å². The first-order valence-corrected chi connectivity index (χ1v) is 9.12. The quantitative estimate of drug-likeness (QED) is 0.851. The van der Waals surface area contributed by atoms with Gasteiger partial charge in [-0.25, -0.2) is 4.79 Å². The molecule has 0 aromatic carbocycles. The molecule has 0 radical (unpaired) electrons. The Bertz CT molecular complexity index is 703. The summed E-state index contributed by atoms with van der Waals surface area (Å²) < 4.78 is 5.27. The van der Waals surface area contributed by atoms with Crippen molar-refractivity contribution in [3.63, 3.8) is 0 Å². The third-order valence-corrected chi connectivity index (χ3v) is 4.50. The van der Waals surface area contributed by atoms with Crippen molar-refractivity contribution in [2.24, 2.45) is 0 Å². The molecule has 0 spiro atoms. The molecule has 2 amide bonds. The second-order valence-electron chi connectivity index (χ2n) is 6.69. The van der Waals surface area contributed by atoms with Gasteiger partial charge in [0, 0.05) is 37.6 Å².